The van der Waals surface area contributed by atoms with Gasteiger partial charge in [-0.2, -0.15) is 17.5 Å². The molecule has 0 saturated carbocycles. The maximum Gasteiger partial charge on any atom is 0.414 e. The van der Waals surface area contributed by atoms with Gasteiger partial charge in [-0.15, -0.1) is 0 Å². The van der Waals surface area contributed by atoms with Crippen molar-refractivity contribution in [2.24, 2.45) is 10.7 Å². The molecule has 6 rings (SSSR count). The number of hydrogen-bond acceptors (Lipinski definition) is 9. The van der Waals surface area contributed by atoms with Crippen LogP contribution < -0.4 is 21.1 Å². The zero-order valence-corrected chi connectivity index (χ0v) is 23.7. The van der Waals surface area contributed by atoms with Crippen LogP contribution in [0.2, 0.25) is 0 Å². The summed E-state index contributed by atoms with van der Waals surface area (Å²) in [4.78, 5) is 7.00. The lowest BCUT2D eigenvalue weighted by Crippen LogP contribution is -2.50. The van der Waals surface area contributed by atoms with E-state index in [2.05, 4.69) is 20.5 Å². The van der Waals surface area contributed by atoms with Crippen LogP contribution in [0.5, 0.6) is 5.75 Å². The molecule has 5 aliphatic rings. The summed E-state index contributed by atoms with van der Waals surface area (Å²) < 4.78 is 81.4. The van der Waals surface area contributed by atoms with E-state index in [0.717, 1.165) is 25.9 Å². The molecule has 1 aromatic rings. The lowest BCUT2D eigenvalue weighted by molar-refractivity contribution is -0.0928. The second-order valence-corrected chi connectivity index (χ2v) is 12.9. The number of alkyl halides is 3. The van der Waals surface area contributed by atoms with Gasteiger partial charge in [0.25, 0.3) is 0 Å². The van der Waals surface area contributed by atoms with E-state index in [4.69, 9.17) is 15.2 Å². The molecule has 41 heavy (non-hydrogen) atoms. The number of hydrogen-bond donors (Lipinski definition) is 3. The highest BCUT2D eigenvalue weighted by Crippen LogP contribution is 2.42. The molecular weight excluding hydrogens is 561 g/mol. The topological polar surface area (TPSA) is 122 Å². The number of nitrogens with zero attached hydrogens (tertiary/aromatic N) is 3. The fourth-order valence-corrected chi connectivity index (χ4v) is 8.13. The van der Waals surface area contributed by atoms with Crippen LogP contribution in [0.25, 0.3) is 0 Å². The minimum atomic E-state index is -4.52. The number of benzene rings is 1. The highest BCUT2D eigenvalue weighted by atomic mass is 32.2. The number of aliphatic imine (C=N–C) groups is 1. The van der Waals surface area contributed by atoms with E-state index in [1.165, 1.54) is 6.08 Å². The molecule has 0 amide bonds. The minimum absolute atomic E-state index is 0.0432. The zero-order valence-electron chi connectivity index (χ0n) is 22.9. The Kier molecular flexibility index (Phi) is 7.34. The SMILES string of the molecule is CCC1(N)C=C(Nc2ccc(S(=O)(=O)N3CCC(N4CCOCC4)CC3)c3c2OCC3)N=C2NCC(C(F)(F)F)=C21. The molecule has 1 unspecified atom stereocenters. The van der Waals surface area contributed by atoms with Gasteiger partial charge in [-0.25, -0.2) is 13.4 Å². The van der Waals surface area contributed by atoms with Crippen LogP contribution in [-0.2, 0) is 21.2 Å². The van der Waals surface area contributed by atoms with Crippen molar-refractivity contribution in [2.75, 3.05) is 57.9 Å². The second kappa shape index (κ2) is 10.6. The summed E-state index contributed by atoms with van der Waals surface area (Å²) in [7, 11) is -3.75. The number of fused-ring (bicyclic) bond motifs is 2. The lowest BCUT2D eigenvalue weighted by atomic mass is 9.83. The summed E-state index contributed by atoms with van der Waals surface area (Å²) in [5, 5.41) is 5.87. The largest absolute Gasteiger partial charge is 0.491 e. The normalized spacial score (nSPS) is 26.2. The second-order valence-electron chi connectivity index (χ2n) is 11.0. The van der Waals surface area contributed by atoms with Crippen LogP contribution in [-0.4, -0.2) is 93.8 Å². The molecule has 5 heterocycles. The van der Waals surface area contributed by atoms with E-state index in [1.54, 1.807) is 23.4 Å². The van der Waals surface area contributed by atoms with E-state index in [-0.39, 0.29) is 28.5 Å². The van der Waals surface area contributed by atoms with Crippen LogP contribution >= 0.6 is 0 Å². The van der Waals surface area contributed by atoms with Crippen LogP contribution in [0.15, 0.2) is 45.1 Å². The molecule has 0 aliphatic carbocycles. The van der Waals surface area contributed by atoms with Gasteiger partial charge in [0.15, 0.2) is 0 Å². The first-order valence-corrected chi connectivity index (χ1v) is 15.5. The summed E-state index contributed by atoms with van der Waals surface area (Å²) >= 11 is 0. The predicted octanol–water partition coefficient (Wildman–Crippen LogP) is 2.34. The van der Waals surface area contributed by atoms with Crippen molar-refractivity contribution in [3.63, 3.8) is 0 Å². The standard InChI is InChI=1S/C27H35F3N6O4S/c1-2-26(31)15-22(34-25-23(26)19(16-32-25)27(28,29)30)33-20-3-4-21(18-7-12-40-24(18)20)41(37,38)36-8-5-17(6-9-36)35-10-13-39-14-11-35/h3-4,15,17,33H,2,5-14,16,31H2,1H3,(H,32,34). The van der Waals surface area contributed by atoms with Gasteiger partial charge in [0.1, 0.15) is 17.4 Å². The Morgan fingerprint density at radius 1 is 1.17 bits per heavy atom. The molecule has 0 aromatic heterocycles. The Hall–Kier alpha value is -2.65. The van der Waals surface area contributed by atoms with E-state index < -0.39 is 33.9 Å². The van der Waals surface area contributed by atoms with Crippen molar-refractivity contribution >= 4 is 21.5 Å². The molecule has 2 fully saturated rings. The first-order valence-electron chi connectivity index (χ1n) is 14.0. The minimum Gasteiger partial charge on any atom is -0.491 e. The number of anilines is 1. The van der Waals surface area contributed by atoms with E-state index in [9.17, 15) is 21.6 Å². The smallest absolute Gasteiger partial charge is 0.414 e. The van der Waals surface area contributed by atoms with Gasteiger partial charge in [0.05, 0.1) is 41.5 Å². The summed E-state index contributed by atoms with van der Waals surface area (Å²) in [5.74, 6) is 0.762. The first-order chi connectivity index (χ1) is 19.5. The van der Waals surface area contributed by atoms with Crippen molar-refractivity contribution < 1.29 is 31.1 Å². The summed E-state index contributed by atoms with van der Waals surface area (Å²) in [6.07, 6.45) is -0.838. The third-order valence-electron chi connectivity index (χ3n) is 8.67. The lowest BCUT2D eigenvalue weighted by Gasteiger charge is -2.39. The molecule has 14 heteroatoms. The molecule has 4 N–H and O–H groups in total. The fraction of sp³-hybridized carbons (Fsp3) is 0.593. The number of piperidine rings is 1. The first kappa shape index (κ1) is 28.5. The van der Waals surface area contributed by atoms with Crippen LogP contribution in [0.4, 0.5) is 18.9 Å². The molecule has 224 valence electrons. The quantitative estimate of drug-likeness (QED) is 0.458. The maximum absolute atomic E-state index is 13.8. The Morgan fingerprint density at radius 2 is 1.90 bits per heavy atom. The number of sulfonamides is 1. The van der Waals surface area contributed by atoms with Crippen LogP contribution in [0.1, 0.15) is 31.7 Å². The average molecular weight is 597 g/mol. The van der Waals surface area contributed by atoms with Gasteiger partial charge >= 0.3 is 6.18 Å². The van der Waals surface area contributed by atoms with Gasteiger partial charge < -0.3 is 25.8 Å². The van der Waals surface area contributed by atoms with Gasteiger partial charge in [-0.3, -0.25) is 4.90 Å². The van der Waals surface area contributed by atoms with E-state index in [0.29, 0.717) is 62.4 Å². The Balaban J connectivity index is 1.24. The van der Waals surface area contributed by atoms with E-state index >= 15 is 0 Å². The highest BCUT2D eigenvalue weighted by molar-refractivity contribution is 7.89. The molecule has 2 saturated heterocycles. The summed E-state index contributed by atoms with van der Waals surface area (Å²) in [6, 6.07) is 3.55. The molecule has 1 atom stereocenters. The van der Waals surface area contributed by atoms with Gasteiger partial charge in [0, 0.05) is 56.3 Å². The van der Waals surface area contributed by atoms with Gasteiger partial charge in [0.2, 0.25) is 10.0 Å². The van der Waals surface area contributed by atoms with Crippen molar-refractivity contribution in [1.29, 1.82) is 0 Å². The monoisotopic (exact) mass is 596 g/mol. The summed E-state index contributed by atoms with van der Waals surface area (Å²) in [6.45, 7) is 5.71. The third kappa shape index (κ3) is 5.13. The van der Waals surface area contributed by atoms with Crippen LogP contribution in [0.3, 0.4) is 0 Å². The Bertz CT molecular complexity index is 1410. The fourth-order valence-electron chi connectivity index (χ4n) is 6.42. The van der Waals surface area contributed by atoms with Crippen molar-refractivity contribution in [2.45, 2.75) is 55.3 Å². The molecule has 10 nitrogen and oxygen atoms in total. The summed E-state index contributed by atoms with van der Waals surface area (Å²) in [5.41, 5.74) is 5.42. The predicted molar refractivity (Wildman–Crippen MR) is 147 cm³/mol. The van der Waals surface area contributed by atoms with Crippen molar-refractivity contribution in [3.8, 4) is 5.75 Å². The molecule has 1 aromatic carbocycles. The number of ether oxygens (including phenoxy) is 2. The molecule has 0 radical (unpaired) electrons. The Morgan fingerprint density at radius 3 is 2.59 bits per heavy atom. The van der Waals surface area contributed by atoms with Crippen molar-refractivity contribution in [3.05, 3.63) is 40.7 Å². The average Bonchev–Trinajstić information content (AvgIpc) is 3.62. The number of morpholine rings is 1. The number of amidine groups is 1. The molecule has 0 bridgehead atoms. The van der Waals surface area contributed by atoms with Crippen LogP contribution in [0, 0.1) is 0 Å². The third-order valence-corrected chi connectivity index (χ3v) is 10.7. The number of nitrogens with two attached hydrogens (primary N) is 1. The number of rotatable bonds is 6. The zero-order chi connectivity index (χ0) is 29.0. The van der Waals surface area contributed by atoms with Gasteiger partial charge in [-0.05, 0) is 37.5 Å². The maximum atomic E-state index is 13.8. The van der Waals surface area contributed by atoms with E-state index in [1.807, 2.05) is 0 Å². The van der Waals surface area contributed by atoms with Gasteiger partial charge in [-0.1, -0.05) is 6.92 Å². The van der Waals surface area contributed by atoms with Crippen molar-refractivity contribution in [1.82, 2.24) is 14.5 Å². The highest BCUT2D eigenvalue weighted by Gasteiger charge is 2.47. The molecule has 5 aliphatic heterocycles. The number of halogens is 3. The Labute approximate surface area is 237 Å². The number of nitrogens with one attached hydrogen (secondary N) is 2. The molecular formula is C27H35F3N6O4S. The molecule has 0 spiro atoms.